The van der Waals surface area contributed by atoms with Gasteiger partial charge in [-0.05, 0) is 31.0 Å². The van der Waals surface area contributed by atoms with Gasteiger partial charge in [-0.2, -0.15) is 0 Å². The molecule has 1 amide bonds. The van der Waals surface area contributed by atoms with Gasteiger partial charge in [-0.25, -0.2) is 9.79 Å². The molecule has 2 aliphatic rings. The average Bonchev–Trinajstić information content (AvgIpc) is 3.06. The minimum Gasteiger partial charge on any atom is -0.490 e. The fraction of sp³-hybridized carbons (Fsp3) is 0.409. The zero-order valence-corrected chi connectivity index (χ0v) is 18.2. The molecule has 0 radical (unpaired) electrons. The molecule has 8 heteroatoms. The number of thioether (sulfide) groups is 1. The van der Waals surface area contributed by atoms with Gasteiger partial charge in [0.2, 0.25) is 5.91 Å². The van der Waals surface area contributed by atoms with Crippen molar-refractivity contribution in [3.05, 3.63) is 53.8 Å². The van der Waals surface area contributed by atoms with Crippen molar-refractivity contribution < 1.29 is 23.8 Å². The first-order valence-corrected chi connectivity index (χ1v) is 10.7. The van der Waals surface area contributed by atoms with E-state index in [1.54, 1.807) is 25.0 Å². The summed E-state index contributed by atoms with van der Waals surface area (Å²) in [6.45, 7) is 8.21. The molecule has 0 aromatic heterocycles. The van der Waals surface area contributed by atoms with Crippen LogP contribution in [0.1, 0.15) is 31.9 Å². The van der Waals surface area contributed by atoms with E-state index in [4.69, 9.17) is 14.2 Å². The van der Waals surface area contributed by atoms with Gasteiger partial charge in [0.05, 0.1) is 29.2 Å². The maximum Gasteiger partial charge on any atom is 0.338 e. The summed E-state index contributed by atoms with van der Waals surface area (Å²) in [7, 11) is 1.54. The maximum atomic E-state index is 13.1. The van der Waals surface area contributed by atoms with Crippen LogP contribution in [0.3, 0.4) is 0 Å². The van der Waals surface area contributed by atoms with Crippen molar-refractivity contribution in [3.8, 4) is 5.75 Å². The fourth-order valence-electron chi connectivity index (χ4n) is 3.36. The van der Waals surface area contributed by atoms with E-state index in [0.717, 1.165) is 5.56 Å². The van der Waals surface area contributed by atoms with Crippen molar-refractivity contribution in [2.45, 2.75) is 31.6 Å². The molecule has 2 unspecified atom stereocenters. The molecule has 0 bridgehead atoms. The van der Waals surface area contributed by atoms with E-state index in [1.165, 1.54) is 11.8 Å². The Morgan fingerprint density at radius 3 is 2.67 bits per heavy atom. The minimum absolute atomic E-state index is 0.0482. The maximum absolute atomic E-state index is 13.1. The summed E-state index contributed by atoms with van der Waals surface area (Å²) in [5, 5.41) is 0.410. The molecule has 2 atom stereocenters. The molecule has 1 aromatic rings. The Bertz CT molecular complexity index is 878. The molecule has 0 spiro atoms. The number of methoxy groups -OCH3 is 1. The zero-order valence-electron chi connectivity index (χ0n) is 17.4. The molecule has 1 fully saturated rings. The Morgan fingerprint density at radius 2 is 2.03 bits per heavy atom. The second-order valence-electron chi connectivity index (χ2n) is 6.82. The molecule has 1 saturated heterocycles. The number of amidine groups is 1. The smallest absolute Gasteiger partial charge is 0.338 e. The van der Waals surface area contributed by atoms with Gasteiger partial charge in [0, 0.05) is 7.11 Å². The van der Waals surface area contributed by atoms with E-state index in [1.807, 2.05) is 31.2 Å². The SMILES string of the molecule is C=CCOc1ccc(C2C(C(=O)OCCOC)=C(C)N=C3SC(CC)C(=O)N32)cc1. The number of hydrogen-bond acceptors (Lipinski definition) is 7. The molecular weight excluding hydrogens is 404 g/mol. The fourth-order valence-corrected chi connectivity index (χ4v) is 4.50. The van der Waals surface area contributed by atoms with Crippen LogP contribution < -0.4 is 4.74 Å². The van der Waals surface area contributed by atoms with Crippen molar-refractivity contribution in [1.29, 1.82) is 0 Å². The molecule has 0 N–H and O–H groups in total. The van der Waals surface area contributed by atoms with E-state index in [-0.39, 0.29) is 17.8 Å². The molecule has 30 heavy (non-hydrogen) atoms. The number of fused-ring (bicyclic) bond motifs is 1. The molecule has 0 saturated carbocycles. The van der Waals surface area contributed by atoms with Crippen molar-refractivity contribution in [2.24, 2.45) is 4.99 Å². The highest BCUT2D eigenvalue weighted by molar-refractivity contribution is 8.15. The largest absolute Gasteiger partial charge is 0.490 e. The number of hydrogen-bond donors (Lipinski definition) is 0. The molecule has 160 valence electrons. The summed E-state index contributed by atoms with van der Waals surface area (Å²) in [4.78, 5) is 32.2. The van der Waals surface area contributed by atoms with Crippen molar-refractivity contribution in [2.75, 3.05) is 26.9 Å². The molecule has 1 aromatic carbocycles. The number of rotatable bonds is 9. The lowest BCUT2D eigenvalue weighted by atomic mass is 9.94. The van der Waals surface area contributed by atoms with Gasteiger partial charge >= 0.3 is 5.97 Å². The summed E-state index contributed by atoms with van der Waals surface area (Å²) in [5.74, 6) is 0.136. The standard InChI is InChI=1S/C22H26N2O5S/c1-5-11-28-16-9-7-15(8-10-16)19-18(21(26)29-13-12-27-4)14(3)23-22-24(19)20(25)17(6-2)30-22/h5,7-10,17,19H,1,6,11-13H2,2-4H3. The molecule has 3 rings (SSSR count). The Labute approximate surface area is 180 Å². The highest BCUT2D eigenvalue weighted by atomic mass is 32.2. The Hall–Kier alpha value is -2.58. The Kier molecular flexibility index (Phi) is 7.33. The molecule has 2 aliphatic heterocycles. The Morgan fingerprint density at radius 1 is 1.30 bits per heavy atom. The second-order valence-corrected chi connectivity index (χ2v) is 7.99. The van der Waals surface area contributed by atoms with Crippen LogP contribution in [-0.4, -0.2) is 54.1 Å². The van der Waals surface area contributed by atoms with Crippen molar-refractivity contribution >= 4 is 28.8 Å². The molecule has 0 aliphatic carbocycles. The van der Waals surface area contributed by atoms with E-state index < -0.39 is 12.0 Å². The number of amides is 1. The summed E-state index contributed by atoms with van der Waals surface area (Å²) in [6, 6.07) is 6.76. The van der Waals surface area contributed by atoms with Gasteiger partial charge in [-0.15, -0.1) is 0 Å². The van der Waals surface area contributed by atoms with E-state index in [9.17, 15) is 9.59 Å². The predicted molar refractivity (Wildman–Crippen MR) is 116 cm³/mol. The van der Waals surface area contributed by atoms with E-state index >= 15 is 0 Å². The zero-order chi connectivity index (χ0) is 21.7. The van der Waals surface area contributed by atoms with Gasteiger partial charge in [0.1, 0.15) is 19.0 Å². The summed E-state index contributed by atoms with van der Waals surface area (Å²) in [5.41, 5.74) is 1.70. The third kappa shape index (κ3) is 4.44. The van der Waals surface area contributed by atoms with Gasteiger partial charge in [0.15, 0.2) is 5.17 Å². The quantitative estimate of drug-likeness (QED) is 0.339. The monoisotopic (exact) mass is 430 g/mol. The third-order valence-corrected chi connectivity index (χ3v) is 6.14. The number of benzene rings is 1. The number of esters is 1. The van der Waals surface area contributed by atoms with Gasteiger partial charge in [0.25, 0.3) is 0 Å². The second kappa shape index (κ2) is 9.95. The molecular formula is C22H26N2O5S. The first-order valence-electron chi connectivity index (χ1n) is 9.80. The van der Waals surface area contributed by atoms with Crippen molar-refractivity contribution in [3.63, 3.8) is 0 Å². The number of nitrogens with zero attached hydrogens (tertiary/aromatic N) is 2. The lowest BCUT2D eigenvalue weighted by Gasteiger charge is -2.33. The van der Waals surface area contributed by atoms with Crippen LogP contribution in [-0.2, 0) is 19.1 Å². The number of carbonyl (C=O) groups is 2. The predicted octanol–water partition coefficient (Wildman–Crippen LogP) is 3.48. The lowest BCUT2D eigenvalue weighted by Crippen LogP contribution is -2.40. The minimum atomic E-state index is -0.599. The van der Waals surface area contributed by atoms with Crippen LogP contribution in [0.2, 0.25) is 0 Å². The van der Waals surface area contributed by atoms with Crippen LogP contribution in [0.5, 0.6) is 5.75 Å². The number of ether oxygens (including phenoxy) is 3. The number of aliphatic imine (C=N–C) groups is 1. The number of allylic oxidation sites excluding steroid dienone is 1. The van der Waals surface area contributed by atoms with E-state index in [2.05, 4.69) is 11.6 Å². The third-order valence-electron chi connectivity index (χ3n) is 4.83. The number of carbonyl (C=O) groups excluding carboxylic acids is 2. The summed E-state index contributed by atoms with van der Waals surface area (Å²) in [6.07, 6.45) is 2.36. The summed E-state index contributed by atoms with van der Waals surface area (Å²) >= 11 is 1.44. The Balaban J connectivity index is 1.99. The van der Waals surface area contributed by atoms with Crippen LogP contribution in [0, 0.1) is 0 Å². The summed E-state index contributed by atoms with van der Waals surface area (Å²) < 4.78 is 15.9. The molecule has 2 heterocycles. The van der Waals surface area contributed by atoms with Crippen molar-refractivity contribution in [1.82, 2.24) is 4.90 Å². The lowest BCUT2D eigenvalue weighted by molar-refractivity contribution is -0.141. The van der Waals surface area contributed by atoms with Gasteiger partial charge < -0.3 is 14.2 Å². The first-order chi connectivity index (χ1) is 14.5. The highest BCUT2D eigenvalue weighted by Crippen LogP contribution is 2.44. The topological polar surface area (TPSA) is 77.4 Å². The van der Waals surface area contributed by atoms with Crippen LogP contribution in [0.15, 0.2) is 53.2 Å². The normalized spacial score (nSPS) is 20.7. The van der Waals surface area contributed by atoms with Crippen LogP contribution >= 0.6 is 11.8 Å². The first kappa shape index (κ1) is 22.1. The highest BCUT2D eigenvalue weighted by Gasteiger charge is 2.47. The van der Waals surface area contributed by atoms with Gasteiger partial charge in [-0.1, -0.05) is 43.5 Å². The van der Waals surface area contributed by atoms with Crippen LogP contribution in [0.25, 0.3) is 0 Å². The van der Waals surface area contributed by atoms with Crippen LogP contribution in [0.4, 0.5) is 0 Å². The van der Waals surface area contributed by atoms with Gasteiger partial charge in [-0.3, -0.25) is 9.69 Å². The van der Waals surface area contributed by atoms with E-state index in [0.29, 0.717) is 41.8 Å². The molecule has 7 nitrogen and oxygen atoms in total. The average molecular weight is 431 g/mol.